The van der Waals surface area contributed by atoms with E-state index in [4.69, 9.17) is 14.2 Å². The molecule has 1 amide bonds. The van der Waals surface area contributed by atoms with Crippen molar-refractivity contribution < 1.29 is 23.4 Å². The van der Waals surface area contributed by atoms with E-state index in [-0.39, 0.29) is 11.6 Å². The highest BCUT2D eigenvalue weighted by molar-refractivity contribution is 5.96. The second-order valence-corrected chi connectivity index (χ2v) is 5.25. The molecule has 0 spiro atoms. The van der Waals surface area contributed by atoms with Crippen molar-refractivity contribution in [2.75, 3.05) is 32.0 Å². The average molecular weight is 348 g/mol. The number of halogens is 1. The largest absolute Gasteiger partial charge is 0.493 e. The highest BCUT2D eigenvalue weighted by atomic mass is 19.1. The molecule has 0 heterocycles. The molecule has 7 heteroatoms. The number of hydrogen-bond acceptors (Lipinski definition) is 5. The Morgan fingerprint density at radius 2 is 1.64 bits per heavy atom. The molecule has 0 bridgehead atoms. The van der Waals surface area contributed by atoms with E-state index in [2.05, 4.69) is 10.6 Å². The van der Waals surface area contributed by atoms with E-state index >= 15 is 0 Å². The van der Waals surface area contributed by atoms with Crippen molar-refractivity contribution in [1.82, 2.24) is 0 Å². The quantitative estimate of drug-likeness (QED) is 0.804. The maximum absolute atomic E-state index is 13.6. The SMILES string of the molecule is COc1cc(NC(C)C(=O)Nc2ccccc2F)cc(OC)c1OC. The zero-order valence-corrected chi connectivity index (χ0v) is 14.6. The van der Waals surface area contributed by atoms with Crippen molar-refractivity contribution in [2.45, 2.75) is 13.0 Å². The maximum Gasteiger partial charge on any atom is 0.246 e. The topological polar surface area (TPSA) is 68.8 Å². The number of rotatable bonds is 7. The summed E-state index contributed by atoms with van der Waals surface area (Å²) in [4.78, 5) is 12.3. The third kappa shape index (κ3) is 4.32. The van der Waals surface area contributed by atoms with E-state index in [9.17, 15) is 9.18 Å². The van der Waals surface area contributed by atoms with Gasteiger partial charge in [-0.3, -0.25) is 4.79 Å². The van der Waals surface area contributed by atoms with Gasteiger partial charge in [0.15, 0.2) is 11.5 Å². The van der Waals surface area contributed by atoms with Crippen LogP contribution in [0, 0.1) is 5.82 Å². The normalized spacial score (nSPS) is 11.4. The number of ether oxygens (including phenoxy) is 3. The number of anilines is 2. The standard InChI is InChI=1S/C18H21FN2O4/c1-11(18(22)21-14-8-6-5-7-13(14)19)20-12-9-15(23-2)17(25-4)16(10-12)24-3/h5-11,20H,1-4H3,(H,21,22). The molecule has 1 atom stereocenters. The van der Waals surface area contributed by atoms with Gasteiger partial charge in [0.05, 0.1) is 27.0 Å². The lowest BCUT2D eigenvalue weighted by Gasteiger charge is -2.18. The molecule has 134 valence electrons. The van der Waals surface area contributed by atoms with Crippen molar-refractivity contribution in [3.05, 3.63) is 42.2 Å². The molecule has 25 heavy (non-hydrogen) atoms. The monoisotopic (exact) mass is 348 g/mol. The van der Waals surface area contributed by atoms with Gasteiger partial charge in [-0.2, -0.15) is 0 Å². The minimum absolute atomic E-state index is 0.131. The summed E-state index contributed by atoms with van der Waals surface area (Å²) in [5, 5.41) is 5.58. The summed E-state index contributed by atoms with van der Waals surface area (Å²) in [6, 6.07) is 8.75. The van der Waals surface area contributed by atoms with Crippen LogP contribution in [0.3, 0.4) is 0 Å². The predicted molar refractivity (Wildman–Crippen MR) is 94.2 cm³/mol. The molecule has 0 fully saturated rings. The van der Waals surface area contributed by atoms with Crippen molar-refractivity contribution in [3.63, 3.8) is 0 Å². The minimum Gasteiger partial charge on any atom is -0.493 e. The second kappa shape index (κ2) is 8.23. The Kier molecular flexibility index (Phi) is 6.05. The Bertz CT molecular complexity index is 727. The summed E-state index contributed by atoms with van der Waals surface area (Å²) in [6.45, 7) is 1.67. The molecule has 0 radical (unpaired) electrons. The van der Waals surface area contributed by atoms with Crippen molar-refractivity contribution in [3.8, 4) is 17.2 Å². The van der Waals surface area contributed by atoms with Crippen LogP contribution in [-0.4, -0.2) is 33.3 Å². The summed E-state index contributed by atoms with van der Waals surface area (Å²) in [7, 11) is 4.53. The fourth-order valence-electron chi connectivity index (χ4n) is 2.28. The third-order valence-corrected chi connectivity index (χ3v) is 3.57. The van der Waals surface area contributed by atoms with Crippen molar-refractivity contribution in [1.29, 1.82) is 0 Å². The van der Waals surface area contributed by atoms with Gasteiger partial charge in [-0.25, -0.2) is 4.39 Å². The molecule has 0 aliphatic carbocycles. The number of carbonyl (C=O) groups excluding carboxylic acids is 1. The van der Waals surface area contributed by atoms with Gasteiger partial charge in [0.25, 0.3) is 0 Å². The van der Waals surface area contributed by atoms with E-state index in [1.54, 1.807) is 31.2 Å². The Balaban J connectivity index is 2.15. The van der Waals surface area contributed by atoms with Crippen molar-refractivity contribution in [2.24, 2.45) is 0 Å². The Hall–Kier alpha value is -2.96. The van der Waals surface area contributed by atoms with Crippen LogP contribution in [0.15, 0.2) is 36.4 Å². The van der Waals surface area contributed by atoms with Crippen LogP contribution >= 0.6 is 0 Å². The van der Waals surface area contributed by atoms with Crippen LogP contribution in [0.1, 0.15) is 6.92 Å². The zero-order chi connectivity index (χ0) is 18.4. The molecule has 0 aromatic heterocycles. The van der Waals surface area contributed by atoms with Crippen LogP contribution in [0.2, 0.25) is 0 Å². The van der Waals surface area contributed by atoms with Crippen LogP contribution in [0.5, 0.6) is 17.2 Å². The van der Waals surface area contributed by atoms with E-state index in [0.717, 1.165) is 0 Å². The molecule has 2 rings (SSSR count). The molecule has 0 aliphatic heterocycles. The highest BCUT2D eigenvalue weighted by Gasteiger charge is 2.18. The first-order valence-corrected chi connectivity index (χ1v) is 7.62. The van der Waals surface area contributed by atoms with Crippen molar-refractivity contribution >= 4 is 17.3 Å². The van der Waals surface area contributed by atoms with Crippen LogP contribution in [0.25, 0.3) is 0 Å². The first kappa shape index (κ1) is 18.4. The van der Waals surface area contributed by atoms with E-state index in [0.29, 0.717) is 22.9 Å². The lowest BCUT2D eigenvalue weighted by atomic mass is 10.2. The smallest absolute Gasteiger partial charge is 0.246 e. The molecule has 2 aromatic rings. The number of hydrogen-bond donors (Lipinski definition) is 2. The fourth-order valence-corrected chi connectivity index (χ4v) is 2.28. The number of benzene rings is 2. The fraction of sp³-hybridized carbons (Fsp3) is 0.278. The summed E-state index contributed by atoms with van der Waals surface area (Å²) >= 11 is 0. The maximum atomic E-state index is 13.6. The summed E-state index contributed by atoms with van der Waals surface area (Å²) in [6.07, 6.45) is 0. The molecular weight excluding hydrogens is 327 g/mol. The van der Waals surface area contributed by atoms with E-state index in [1.807, 2.05) is 0 Å². The van der Waals surface area contributed by atoms with Gasteiger partial charge in [0, 0.05) is 17.8 Å². The molecule has 1 unspecified atom stereocenters. The first-order valence-electron chi connectivity index (χ1n) is 7.62. The Morgan fingerprint density at radius 1 is 1.04 bits per heavy atom. The van der Waals surface area contributed by atoms with E-state index < -0.39 is 11.9 Å². The van der Waals surface area contributed by atoms with Gasteiger partial charge in [0.1, 0.15) is 11.9 Å². The highest BCUT2D eigenvalue weighted by Crippen LogP contribution is 2.40. The lowest BCUT2D eigenvalue weighted by molar-refractivity contribution is -0.116. The van der Waals surface area contributed by atoms with Crippen LogP contribution < -0.4 is 24.8 Å². The summed E-state index contributed by atoms with van der Waals surface area (Å²) in [5.74, 6) is 0.519. The number of para-hydroxylation sites is 1. The van der Waals surface area contributed by atoms with Gasteiger partial charge in [0.2, 0.25) is 11.7 Å². The molecular formula is C18H21FN2O4. The molecule has 0 saturated carbocycles. The third-order valence-electron chi connectivity index (χ3n) is 3.57. The molecule has 2 aromatic carbocycles. The van der Waals surface area contributed by atoms with Gasteiger partial charge < -0.3 is 24.8 Å². The number of nitrogens with one attached hydrogen (secondary N) is 2. The molecule has 0 aliphatic rings. The number of methoxy groups -OCH3 is 3. The predicted octanol–water partition coefficient (Wildman–Crippen LogP) is 3.29. The minimum atomic E-state index is -0.623. The van der Waals surface area contributed by atoms with Crippen LogP contribution in [-0.2, 0) is 4.79 Å². The zero-order valence-electron chi connectivity index (χ0n) is 14.6. The summed E-state index contributed by atoms with van der Waals surface area (Å²) in [5.41, 5.74) is 0.733. The number of amides is 1. The molecule has 0 saturated heterocycles. The second-order valence-electron chi connectivity index (χ2n) is 5.25. The van der Waals surface area contributed by atoms with Gasteiger partial charge in [-0.1, -0.05) is 12.1 Å². The Morgan fingerprint density at radius 3 is 2.16 bits per heavy atom. The summed E-state index contributed by atoms with van der Waals surface area (Å²) < 4.78 is 29.5. The molecule has 6 nitrogen and oxygen atoms in total. The Labute approximate surface area is 145 Å². The van der Waals surface area contributed by atoms with E-state index in [1.165, 1.54) is 33.5 Å². The van der Waals surface area contributed by atoms with Crippen LogP contribution in [0.4, 0.5) is 15.8 Å². The van der Waals surface area contributed by atoms with Gasteiger partial charge in [-0.05, 0) is 19.1 Å². The molecule has 2 N–H and O–H groups in total. The average Bonchev–Trinajstić information content (AvgIpc) is 2.62. The first-order chi connectivity index (χ1) is 12.0. The van der Waals surface area contributed by atoms with Gasteiger partial charge in [-0.15, -0.1) is 0 Å². The lowest BCUT2D eigenvalue weighted by Crippen LogP contribution is -2.32. The van der Waals surface area contributed by atoms with Gasteiger partial charge >= 0.3 is 0 Å². The number of carbonyl (C=O) groups is 1.